The molecule has 2 aliphatic heterocycles. The molecule has 2 heterocycles. The van der Waals surface area contributed by atoms with Crippen LogP contribution in [0, 0.1) is 0 Å². The van der Waals surface area contributed by atoms with Gasteiger partial charge in [0, 0.05) is 24.3 Å². The standard InChI is InChI=1S/C37H18F12N2O6/c38-34(39,40)25-17-21(50-29(52)13-14-30(50)53)5-11-27(25)56-23-7-1-19(2-8-23)33(36(44,45)46,37(47,48)49)20-3-9-24(10-4-20)57-28-12-6-22(18-26(28)35(41,42)43)51-31(54)15-16-32(51)55/h1-18H. The van der Waals surface area contributed by atoms with Crippen molar-refractivity contribution in [2.45, 2.75) is 30.1 Å². The summed E-state index contributed by atoms with van der Waals surface area (Å²) in [5.74, 6) is -7.09. The number of benzene rings is 4. The second kappa shape index (κ2) is 13.9. The van der Waals surface area contributed by atoms with E-state index in [0.29, 0.717) is 82.6 Å². The molecule has 6 rings (SSSR count). The van der Waals surface area contributed by atoms with E-state index >= 15 is 0 Å². The van der Waals surface area contributed by atoms with E-state index in [1.54, 1.807) is 0 Å². The van der Waals surface area contributed by atoms with Crippen LogP contribution < -0.4 is 19.3 Å². The Balaban J connectivity index is 1.33. The zero-order chi connectivity index (χ0) is 41.9. The fraction of sp³-hybridized carbons (Fsp3) is 0.135. The van der Waals surface area contributed by atoms with E-state index in [9.17, 15) is 71.9 Å². The van der Waals surface area contributed by atoms with E-state index in [-0.39, 0.29) is 0 Å². The highest BCUT2D eigenvalue weighted by Gasteiger charge is 2.72. The number of rotatable bonds is 8. The van der Waals surface area contributed by atoms with Crippen molar-refractivity contribution >= 4 is 35.0 Å². The predicted octanol–water partition coefficient (Wildman–Crippen LogP) is 9.58. The molecule has 4 amide bonds. The highest BCUT2D eigenvalue weighted by Crippen LogP contribution is 2.57. The minimum Gasteiger partial charge on any atom is -0.457 e. The lowest BCUT2D eigenvalue weighted by Gasteiger charge is -2.38. The summed E-state index contributed by atoms with van der Waals surface area (Å²) < 4.78 is 183. The van der Waals surface area contributed by atoms with Crippen molar-refractivity contribution in [1.82, 2.24) is 0 Å². The van der Waals surface area contributed by atoms with Crippen LogP contribution in [0.4, 0.5) is 64.1 Å². The summed E-state index contributed by atoms with van der Waals surface area (Å²) in [5, 5.41) is 0. The Morgan fingerprint density at radius 1 is 0.404 bits per heavy atom. The first-order chi connectivity index (χ1) is 26.4. The molecule has 0 atom stereocenters. The van der Waals surface area contributed by atoms with Crippen molar-refractivity contribution < 1.29 is 81.3 Å². The van der Waals surface area contributed by atoms with Crippen LogP contribution in [0.25, 0.3) is 0 Å². The van der Waals surface area contributed by atoms with Gasteiger partial charge in [-0.2, -0.15) is 52.7 Å². The van der Waals surface area contributed by atoms with Crippen LogP contribution in [-0.2, 0) is 36.9 Å². The Labute approximate surface area is 310 Å². The van der Waals surface area contributed by atoms with E-state index in [0.717, 1.165) is 36.4 Å². The van der Waals surface area contributed by atoms with Gasteiger partial charge in [0.25, 0.3) is 23.6 Å². The number of ether oxygens (including phenoxy) is 2. The Bertz CT molecular complexity index is 2140. The molecule has 0 aliphatic carbocycles. The SMILES string of the molecule is O=C1C=CC(=O)N1c1ccc(Oc2ccc(C(c3ccc(Oc4ccc(N5C(=O)C=CC5=O)cc4C(F)(F)F)cc3)(C(F)(F)F)C(F)(F)F)cc2)c(C(F)(F)F)c1. The second-order valence-electron chi connectivity index (χ2n) is 12.0. The zero-order valence-corrected chi connectivity index (χ0v) is 27.8. The molecule has 0 unspecified atom stereocenters. The van der Waals surface area contributed by atoms with Gasteiger partial charge in [-0.15, -0.1) is 0 Å². The molecule has 0 saturated carbocycles. The number of carbonyl (C=O) groups is 4. The fourth-order valence-corrected chi connectivity index (χ4v) is 6.03. The number of nitrogens with zero attached hydrogens (tertiary/aromatic N) is 2. The summed E-state index contributed by atoms with van der Waals surface area (Å²) in [6.07, 6.45) is -19.5. The monoisotopic (exact) mass is 814 g/mol. The third-order valence-corrected chi connectivity index (χ3v) is 8.55. The Morgan fingerprint density at radius 3 is 0.965 bits per heavy atom. The van der Waals surface area contributed by atoms with Crippen LogP contribution in [0.3, 0.4) is 0 Å². The van der Waals surface area contributed by atoms with Crippen LogP contribution in [0.15, 0.2) is 109 Å². The summed E-state index contributed by atoms with van der Waals surface area (Å²) in [4.78, 5) is 48.7. The molecule has 0 saturated heterocycles. The molecular weight excluding hydrogens is 796 g/mol. The van der Waals surface area contributed by atoms with E-state index in [2.05, 4.69) is 0 Å². The molecule has 8 nitrogen and oxygen atoms in total. The smallest absolute Gasteiger partial charge is 0.420 e. The Morgan fingerprint density at radius 2 is 0.702 bits per heavy atom. The number of anilines is 2. The van der Waals surface area contributed by atoms with Gasteiger partial charge >= 0.3 is 24.7 Å². The van der Waals surface area contributed by atoms with E-state index in [1.807, 2.05) is 0 Å². The summed E-state index contributed by atoms with van der Waals surface area (Å²) in [6.45, 7) is 0. The molecule has 0 bridgehead atoms. The molecule has 57 heavy (non-hydrogen) atoms. The zero-order valence-electron chi connectivity index (χ0n) is 27.8. The lowest BCUT2D eigenvalue weighted by atomic mass is 9.73. The number of carbonyl (C=O) groups excluding carboxylic acids is 4. The van der Waals surface area contributed by atoms with Crippen molar-refractivity contribution in [1.29, 1.82) is 0 Å². The van der Waals surface area contributed by atoms with Gasteiger partial charge in [-0.3, -0.25) is 19.2 Å². The number of alkyl halides is 12. The van der Waals surface area contributed by atoms with Crippen molar-refractivity contribution in [2.75, 3.05) is 9.80 Å². The van der Waals surface area contributed by atoms with Gasteiger partial charge in [0.05, 0.1) is 11.4 Å². The average Bonchev–Trinajstić information content (AvgIpc) is 3.63. The number of halogens is 12. The van der Waals surface area contributed by atoms with Crippen molar-refractivity contribution in [3.05, 3.63) is 131 Å². The number of imide groups is 2. The van der Waals surface area contributed by atoms with Crippen LogP contribution in [-0.4, -0.2) is 36.0 Å². The molecule has 4 aromatic rings. The van der Waals surface area contributed by atoms with Crippen LogP contribution in [0.5, 0.6) is 23.0 Å². The first-order valence-corrected chi connectivity index (χ1v) is 15.7. The highest BCUT2D eigenvalue weighted by molar-refractivity contribution is 6.28. The normalized spacial score (nSPS) is 15.3. The van der Waals surface area contributed by atoms with Crippen LogP contribution in [0.2, 0.25) is 0 Å². The van der Waals surface area contributed by atoms with Crippen LogP contribution in [0.1, 0.15) is 22.3 Å². The maximum Gasteiger partial charge on any atom is 0.420 e. The van der Waals surface area contributed by atoms with Crippen molar-refractivity contribution in [3.8, 4) is 23.0 Å². The number of hydrogen-bond acceptors (Lipinski definition) is 6. The summed E-state index contributed by atoms with van der Waals surface area (Å²) >= 11 is 0. The van der Waals surface area contributed by atoms with Gasteiger partial charge in [-0.1, -0.05) is 24.3 Å². The quantitative estimate of drug-likeness (QED) is 0.130. The highest BCUT2D eigenvalue weighted by atomic mass is 19.4. The van der Waals surface area contributed by atoms with E-state index in [1.165, 1.54) is 0 Å². The molecule has 0 radical (unpaired) electrons. The first kappa shape index (κ1) is 40.1. The van der Waals surface area contributed by atoms with Crippen molar-refractivity contribution in [3.63, 3.8) is 0 Å². The Hall–Kier alpha value is -6.60. The van der Waals surface area contributed by atoms with Gasteiger partial charge in [-0.05, 0) is 71.8 Å². The molecule has 0 spiro atoms. The van der Waals surface area contributed by atoms with Gasteiger partial charge in [0.15, 0.2) is 0 Å². The molecule has 0 aromatic heterocycles. The van der Waals surface area contributed by atoms with Crippen LogP contribution >= 0.6 is 0 Å². The molecule has 2 aliphatic rings. The minimum absolute atomic E-state index is 0.304. The molecule has 296 valence electrons. The van der Waals surface area contributed by atoms with Gasteiger partial charge < -0.3 is 9.47 Å². The first-order valence-electron chi connectivity index (χ1n) is 15.7. The summed E-state index contributed by atoms with van der Waals surface area (Å²) in [6, 6.07) is 7.27. The van der Waals surface area contributed by atoms with E-state index in [4.69, 9.17) is 9.47 Å². The fourth-order valence-electron chi connectivity index (χ4n) is 6.03. The third kappa shape index (κ3) is 7.29. The summed E-state index contributed by atoms with van der Waals surface area (Å²) in [7, 11) is 0. The lowest BCUT2D eigenvalue weighted by molar-refractivity contribution is -0.288. The molecule has 4 aromatic carbocycles. The van der Waals surface area contributed by atoms with Gasteiger partial charge in [0.1, 0.15) is 34.1 Å². The second-order valence-corrected chi connectivity index (χ2v) is 12.0. The maximum absolute atomic E-state index is 14.8. The largest absolute Gasteiger partial charge is 0.457 e. The summed E-state index contributed by atoms with van der Waals surface area (Å²) in [5.41, 5.74) is -11.9. The number of hydrogen-bond donors (Lipinski definition) is 0. The molecule has 0 N–H and O–H groups in total. The predicted molar refractivity (Wildman–Crippen MR) is 172 cm³/mol. The molecule has 0 fully saturated rings. The van der Waals surface area contributed by atoms with E-state index < -0.39 is 110 Å². The third-order valence-electron chi connectivity index (χ3n) is 8.55. The van der Waals surface area contributed by atoms with Crippen molar-refractivity contribution in [2.24, 2.45) is 0 Å². The lowest BCUT2D eigenvalue weighted by Crippen LogP contribution is -2.54. The Kier molecular flexibility index (Phi) is 9.74. The van der Waals surface area contributed by atoms with Gasteiger partial charge in [0.2, 0.25) is 5.41 Å². The molecular formula is C37H18F12N2O6. The average molecular weight is 815 g/mol. The molecule has 20 heteroatoms. The topological polar surface area (TPSA) is 93.2 Å². The van der Waals surface area contributed by atoms with Gasteiger partial charge in [-0.25, -0.2) is 9.80 Å². The minimum atomic E-state index is -6.16. The number of amides is 4. The maximum atomic E-state index is 14.8.